The van der Waals surface area contributed by atoms with E-state index >= 15 is 0 Å². The van der Waals surface area contributed by atoms with Gasteiger partial charge in [0.15, 0.2) is 0 Å². The highest BCUT2D eigenvalue weighted by Gasteiger charge is 2.28. The predicted octanol–water partition coefficient (Wildman–Crippen LogP) is 3.73. The van der Waals surface area contributed by atoms with Crippen LogP contribution in [0.1, 0.15) is 39.5 Å². The van der Waals surface area contributed by atoms with Gasteiger partial charge in [-0.15, -0.1) is 0 Å². The summed E-state index contributed by atoms with van der Waals surface area (Å²) in [5, 5.41) is 0. The van der Waals surface area contributed by atoms with Crippen LogP contribution >= 0.6 is 0 Å². The smallest absolute Gasteiger partial charge is 0.418 e. The first kappa shape index (κ1) is 18.7. The van der Waals surface area contributed by atoms with Crippen molar-refractivity contribution in [2.24, 2.45) is 0 Å². The van der Waals surface area contributed by atoms with Crippen LogP contribution < -0.4 is 0 Å². The van der Waals surface area contributed by atoms with Gasteiger partial charge in [0.05, 0.1) is 26.3 Å². The lowest BCUT2D eigenvalue weighted by Gasteiger charge is -2.41. The first-order chi connectivity index (χ1) is 8.83. The van der Waals surface area contributed by atoms with Crippen LogP contribution in [0, 0.1) is 0 Å². The molecule has 0 bridgehead atoms. The van der Waals surface area contributed by atoms with Gasteiger partial charge in [-0.2, -0.15) is 0 Å². The maximum Gasteiger partial charge on any atom is 0.673 e. The van der Waals surface area contributed by atoms with Crippen LogP contribution in [0.2, 0.25) is 0 Å². The minimum Gasteiger partial charge on any atom is -0.418 e. The van der Waals surface area contributed by atoms with Gasteiger partial charge in [0.25, 0.3) is 0 Å². The molecule has 0 aromatic heterocycles. The highest BCUT2D eigenvalue weighted by atomic mass is 19.5. The number of halogens is 4. The van der Waals surface area contributed by atoms with Gasteiger partial charge < -0.3 is 26.5 Å². The monoisotopic (exact) mass is 287 g/mol. The largest absolute Gasteiger partial charge is 0.673 e. The zero-order chi connectivity index (χ0) is 14.8. The van der Waals surface area contributed by atoms with Crippen molar-refractivity contribution in [3.05, 3.63) is 0 Å². The summed E-state index contributed by atoms with van der Waals surface area (Å²) in [7, 11) is -6.00. The SMILES string of the molecule is CCCC[N+]1(CCCC)CCOCC1.F[B-](F)(F)F. The highest BCUT2D eigenvalue weighted by molar-refractivity contribution is 6.50. The Hall–Kier alpha value is -0.295. The zero-order valence-electron chi connectivity index (χ0n) is 12.0. The summed E-state index contributed by atoms with van der Waals surface area (Å²) in [6.45, 7) is 11.8. The van der Waals surface area contributed by atoms with E-state index in [1.807, 2.05) is 0 Å². The Balaban J connectivity index is 0.000000555. The molecule has 1 aliphatic rings. The summed E-state index contributed by atoms with van der Waals surface area (Å²) in [6.07, 6.45) is 5.41. The number of hydrogen-bond donors (Lipinski definition) is 0. The van der Waals surface area contributed by atoms with Crippen molar-refractivity contribution in [3.63, 3.8) is 0 Å². The van der Waals surface area contributed by atoms with Gasteiger partial charge in [-0.3, -0.25) is 0 Å². The molecule has 116 valence electrons. The number of hydrogen-bond acceptors (Lipinski definition) is 1. The Morgan fingerprint density at radius 3 is 1.58 bits per heavy atom. The van der Waals surface area contributed by atoms with Crippen molar-refractivity contribution >= 4 is 7.25 Å². The van der Waals surface area contributed by atoms with E-state index in [1.54, 1.807) is 0 Å². The first-order valence-corrected chi connectivity index (χ1v) is 7.13. The topological polar surface area (TPSA) is 9.23 Å². The fourth-order valence-corrected chi connectivity index (χ4v) is 2.28. The third-order valence-electron chi connectivity index (χ3n) is 3.39. The molecule has 0 aromatic carbocycles. The van der Waals surface area contributed by atoms with E-state index in [0.29, 0.717) is 0 Å². The molecule has 0 atom stereocenters. The van der Waals surface area contributed by atoms with Crippen molar-refractivity contribution in [1.82, 2.24) is 0 Å². The molecule has 0 unspecified atom stereocenters. The van der Waals surface area contributed by atoms with Gasteiger partial charge in [0.1, 0.15) is 13.1 Å². The van der Waals surface area contributed by atoms with E-state index < -0.39 is 7.25 Å². The predicted molar refractivity (Wildman–Crippen MR) is 70.5 cm³/mol. The van der Waals surface area contributed by atoms with Crippen molar-refractivity contribution in [1.29, 1.82) is 0 Å². The first-order valence-electron chi connectivity index (χ1n) is 7.13. The zero-order valence-corrected chi connectivity index (χ0v) is 12.0. The van der Waals surface area contributed by atoms with Gasteiger partial charge >= 0.3 is 7.25 Å². The van der Waals surface area contributed by atoms with Crippen molar-refractivity contribution in [2.75, 3.05) is 39.4 Å². The van der Waals surface area contributed by atoms with Gasteiger partial charge in [0, 0.05) is 0 Å². The molecular formula is C12H26BF4NO. The molecule has 7 heteroatoms. The quantitative estimate of drug-likeness (QED) is 0.411. The maximum absolute atomic E-state index is 9.75. The lowest BCUT2D eigenvalue weighted by molar-refractivity contribution is -0.935. The molecule has 0 amide bonds. The molecule has 0 aliphatic carbocycles. The van der Waals surface area contributed by atoms with Gasteiger partial charge in [0.2, 0.25) is 0 Å². The fraction of sp³-hybridized carbons (Fsp3) is 1.00. The summed E-state index contributed by atoms with van der Waals surface area (Å²) in [4.78, 5) is 0. The molecule has 1 rings (SSSR count). The number of rotatable bonds is 6. The Morgan fingerprint density at radius 2 is 1.26 bits per heavy atom. The van der Waals surface area contributed by atoms with Gasteiger partial charge in [-0.1, -0.05) is 26.7 Å². The van der Waals surface area contributed by atoms with Crippen LogP contribution in [-0.4, -0.2) is 51.1 Å². The maximum atomic E-state index is 9.75. The van der Waals surface area contributed by atoms with Crippen LogP contribution in [0.25, 0.3) is 0 Å². The molecule has 2 nitrogen and oxygen atoms in total. The second-order valence-corrected chi connectivity index (χ2v) is 5.05. The van der Waals surface area contributed by atoms with Crippen molar-refractivity contribution in [2.45, 2.75) is 39.5 Å². The third kappa shape index (κ3) is 11.2. The third-order valence-corrected chi connectivity index (χ3v) is 3.39. The van der Waals surface area contributed by atoms with Crippen LogP contribution in [-0.2, 0) is 4.74 Å². The van der Waals surface area contributed by atoms with Crippen LogP contribution in [0.5, 0.6) is 0 Å². The Kier molecular flexibility index (Phi) is 9.44. The Labute approximate surface area is 113 Å². The van der Waals surface area contributed by atoms with Crippen molar-refractivity contribution < 1.29 is 26.5 Å². The normalized spacial score (nSPS) is 18.6. The van der Waals surface area contributed by atoms with E-state index in [9.17, 15) is 17.3 Å². The van der Waals surface area contributed by atoms with E-state index in [0.717, 1.165) is 13.2 Å². The molecule has 1 heterocycles. The second-order valence-electron chi connectivity index (χ2n) is 5.05. The molecule has 0 N–H and O–H groups in total. The van der Waals surface area contributed by atoms with E-state index in [-0.39, 0.29) is 0 Å². The molecular weight excluding hydrogens is 261 g/mol. The summed E-state index contributed by atoms with van der Waals surface area (Å²) in [5.41, 5.74) is 0. The van der Waals surface area contributed by atoms with Crippen LogP contribution in [0.3, 0.4) is 0 Å². The summed E-state index contributed by atoms with van der Waals surface area (Å²) in [5.74, 6) is 0. The molecule has 0 spiro atoms. The van der Waals surface area contributed by atoms with Gasteiger partial charge in [-0.25, -0.2) is 0 Å². The molecule has 1 saturated heterocycles. The number of nitrogens with zero attached hydrogens (tertiary/aromatic N) is 1. The number of morpholine rings is 1. The fourth-order valence-electron chi connectivity index (χ4n) is 2.28. The lowest BCUT2D eigenvalue weighted by atomic mass is 10.2. The average Bonchev–Trinajstić information content (AvgIpc) is 2.33. The number of unbranched alkanes of at least 4 members (excludes halogenated alkanes) is 2. The van der Waals surface area contributed by atoms with E-state index in [4.69, 9.17) is 4.74 Å². The summed E-state index contributed by atoms with van der Waals surface area (Å²) < 4.78 is 45.8. The summed E-state index contributed by atoms with van der Waals surface area (Å²) >= 11 is 0. The van der Waals surface area contributed by atoms with Crippen molar-refractivity contribution in [3.8, 4) is 0 Å². The Bertz CT molecular complexity index is 204. The standard InChI is InChI=1S/C12H26NO.BF4/c1-3-5-7-13(8-6-4-2)9-11-14-12-10-13;2-1(3,4)5/h3-12H2,1-2H3;/q+1;-1. The molecule has 0 radical (unpaired) electrons. The number of ether oxygens (including phenoxy) is 1. The molecule has 0 saturated carbocycles. The molecule has 19 heavy (non-hydrogen) atoms. The molecule has 0 aromatic rings. The van der Waals surface area contributed by atoms with Crippen LogP contribution in [0.4, 0.5) is 17.3 Å². The molecule has 1 aliphatic heterocycles. The molecule has 1 fully saturated rings. The minimum atomic E-state index is -6.00. The lowest BCUT2D eigenvalue weighted by Crippen LogP contribution is -2.56. The average molecular weight is 287 g/mol. The highest BCUT2D eigenvalue weighted by Crippen LogP contribution is 2.15. The minimum absolute atomic E-state index is 0.980. The second kappa shape index (κ2) is 9.58. The van der Waals surface area contributed by atoms with Crippen LogP contribution in [0.15, 0.2) is 0 Å². The van der Waals surface area contributed by atoms with Gasteiger partial charge in [-0.05, 0) is 12.8 Å². The summed E-state index contributed by atoms with van der Waals surface area (Å²) in [6, 6.07) is 0. The van der Waals surface area contributed by atoms with E-state index in [2.05, 4.69) is 13.8 Å². The number of quaternary nitrogens is 1. The van der Waals surface area contributed by atoms with E-state index in [1.165, 1.54) is 56.3 Å². The Morgan fingerprint density at radius 1 is 0.895 bits per heavy atom.